The van der Waals surface area contributed by atoms with Gasteiger partial charge in [-0.2, -0.15) is 4.98 Å². The van der Waals surface area contributed by atoms with Crippen molar-refractivity contribution in [3.63, 3.8) is 0 Å². The van der Waals surface area contributed by atoms with Crippen molar-refractivity contribution >= 4 is 45.3 Å². The Bertz CT molecular complexity index is 997. The zero-order chi connectivity index (χ0) is 20.2. The maximum atomic E-state index is 12.5. The van der Waals surface area contributed by atoms with Crippen molar-refractivity contribution in [1.29, 1.82) is 0 Å². The summed E-state index contributed by atoms with van der Waals surface area (Å²) in [6.07, 6.45) is 0. The first-order chi connectivity index (χ1) is 12.7. The van der Waals surface area contributed by atoms with E-state index in [0.29, 0.717) is 0 Å². The monoisotopic (exact) mass is 415 g/mol. The van der Waals surface area contributed by atoms with Crippen LogP contribution in [0.25, 0.3) is 0 Å². The van der Waals surface area contributed by atoms with Gasteiger partial charge in [-0.3, -0.25) is 5.32 Å². The third-order valence-electron chi connectivity index (χ3n) is 3.03. The number of ether oxygens (including phenoxy) is 2. The molecule has 0 aliphatic heterocycles. The first kappa shape index (κ1) is 20.2. The first-order valence-corrected chi connectivity index (χ1v) is 8.92. The number of hydrogen-bond donors (Lipinski definition) is 3. The molecule has 0 spiro atoms. The van der Waals surface area contributed by atoms with Crippen LogP contribution < -0.4 is 20.5 Å². The smallest absolute Gasteiger partial charge is 0.339 e. The van der Waals surface area contributed by atoms with Gasteiger partial charge in [-0.05, 0) is 18.2 Å². The van der Waals surface area contributed by atoms with E-state index in [1.807, 2.05) is 0 Å². The largest absolute Gasteiger partial charge is 0.481 e. The molecule has 144 valence electrons. The summed E-state index contributed by atoms with van der Waals surface area (Å²) in [5, 5.41) is 2.07. The molecule has 0 bridgehead atoms. The van der Waals surface area contributed by atoms with E-state index in [-0.39, 0.29) is 28.2 Å². The molecule has 2 aromatic rings. The minimum atomic E-state index is -4.45. The molecule has 27 heavy (non-hydrogen) atoms. The number of nitrogens with two attached hydrogens (primary N) is 1. The zero-order valence-electron chi connectivity index (χ0n) is 14.0. The molecule has 1 aromatic heterocycles. The third-order valence-corrected chi connectivity index (χ3v) is 4.61. The minimum absolute atomic E-state index is 0.0356. The van der Waals surface area contributed by atoms with Gasteiger partial charge in [0, 0.05) is 11.8 Å². The fraction of sp³-hybridized carbons (Fsp3) is 0.143. The van der Waals surface area contributed by atoms with Crippen LogP contribution in [0.5, 0.6) is 5.88 Å². The number of benzene rings is 1. The second-order valence-corrected chi connectivity index (χ2v) is 6.90. The van der Waals surface area contributed by atoms with Crippen LogP contribution in [0.15, 0.2) is 29.2 Å². The summed E-state index contributed by atoms with van der Waals surface area (Å²) in [6.45, 7) is 0. The summed E-state index contributed by atoms with van der Waals surface area (Å²) in [7, 11) is -2.05. The number of nitrogens with zero attached hydrogens (tertiary/aromatic N) is 2. The van der Waals surface area contributed by atoms with Crippen molar-refractivity contribution in [3.8, 4) is 5.88 Å². The van der Waals surface area contributed by atoms with Gasteiger partial charge in [0.25, 0.3) is 10.0 Å². The Hall–Kier alpha value is -3.12. The number of nitrogen functional groups attached to an aromatic ring is 1. The summed E-state index contributed by atoms with van der Waals surface area (Å²) in [4.78, 5) is 30.8. The number of methoxy groups -OCH3 is 2. The Labute approximate surface area is 158 Å². The lowest BCUT2D eigenvalue weighted by molar-refractivity contribution is 0.0596. The molecular weight excluding hydrogens is 402 g/mol. The molecule has 4 N–H and O–H groups in total. The Kier molecular flexibility index (Phi) is 6.02. The van der Waals surface area contributed by atoms with E-state index in [2.05, 4.69) is 20.0 Å². The van der Waals surface area contributed by atoms with Crippen molar-refractivity contribution in [2.75, 3.05) is 25.3 Å². The van der Waals surface area contributed by atoms with Gasteiger partial charge in [0.2, 0.25) is 11.8 Å². The number of anilines is 2. The molecule has 0 unspecified atom stereocenters. The van der Waals surface area contributed by atoms with E-state index in [0.717, 1.165) is 19.2 Å². The Morgan fingerprint density at radius 1 is 1.19 bits per heavy atom. The summed E-state index contributed by atoms with van der Waals surface area (Å²) in [5.74, 6) is -1.18. The van der Waals surface area contributed by atoms with Gasteiger partial charge in [0.05, 0.1) is 19.8 Å². The van der Waals surface area contributed by atoms with Crippen LogP contribution >= 0.6 is 11.6 Å². The number of carbonyl (C=O) groups is 2. The van der Waals surface area contributed by atoms with Gasteiger partial charge in [-0.15, -0.1) is 0 Å². The molecule has 0 aliphatic rings. The number of rotatable bonds is 5. The fourth-order valence-corrected chi connectivity index (χ4v) is 3.17. The van der Waals surface area contributed by atoms with Crippen LogP contribution in [0.2, 0.25) is 5.15 Å². The topological polar surface area (TPSA) is 163 Å². The Morgan fingerprint density at radius 3 is 2.52 bits per heavy atom. The van der Waals surface area contributed by atoms with Crippen LogP contribution in [-0.4, -0.2) is 44.6 Å². The van der Waals surface area contributed by atoms with Crippen LogP contribution in [0, 0.1) is 0 Å². The van der Waals surface area contributed by atoms with Crippen LogP contribution in [-0.2, 0) is 14.8 Å². The highest BCUT2D eigenvalue weighted by atomic mass is 35.5. The van der Waals surface area contributed by atoms with E-state index in [1.54, 1.807) is 4.72 Å². The SMILES string of the molecule is COC(=O)c1cc(N)ccc1S(=O)(=O)NC(=O)Nc1nc(Cl)cc(OC)n1. The first-order valence-electron chi connectivity index (χ1n) is 7.06. The van der Waals surface area contributed by atoms with E-state index in [4.69, 9.17) is 22.1 Å². The van der Waals surface area contributed by atoms with Crippen molar-refractivity contribution < 1.29 is 27.5 Å². The van der Waals surface area contributed by atoms with Gasteiger partial charge < -0.3 is 15.2 Å². The van der Waals surface area contributed by atoms with Crippen molar-refractivity contribution in [3.05, 3.63) is 35.0 Å². The molecule has 1 heterocycles. The predicted molar refractivity (Wildman–Crippen MR) is 95.1 cm³/mol. The van der Waals surface area contributed by atoms with Gasteiger partial charge in [0.1, 0.15) is 10.0 Å². The third kappa shape index (κ3) is 4.95. The van der Waals surface area contributed by atoms with Crippen molar-refractivity contribution in [2.45, 2.75) is 4.90 Å². The van der Waals surface area contributed by atoms with E-state index in [1.165, 1.54) is 19.2 Å². The number of urea groups is 1. The molecule has 2 rings (SSSR count). The summed E-state index contributed by atoms with van der Waals surface area (Å²) in [6, 6.07) is 3.54. The van der Waals surface area contributed by atoms with E-state index < -0.39 is 26.9 Å². The molecule has 11 nitrogen and oxygen atoms in total. The second kappa shape index (κ2) is 8.05. The highest BCUT2D eigenvalue weighted by molar-refractivity contribution is 7.90. The minimum Gasteiger partial charge on any atom is -0.481 e. The molecule has 0 saturated carbocycles. The predicted octanol–water partition coefficient (Wildman–Crippen LogP) is 1.02. The Balaban J connectivity index is 2.27. The molecule has 0 atom stereocenters. The lowest BCUT2D eigenvalue weighted by Crippen LogP contribution is -2.35. The fourth-order valence-electron chi connectivity index (χ4n) is 1.91. The maximum absolute atomic E-state index is 12.5. The van der Waals surface area contributed by atoms with Crippen LogP contribution in [0.4, 0.5) is 16.4 Å². The lowest BCUT2D eigenvalue weighted by Gasteiger charge is -2.11. The zero-order valence-corrected chi connectivity index (χ0v) is 15.6. The second-order valence-electron chi connectivity index (χ2n) is 4.86. The van der Waals surface area contributed by atoms with Crippen molar-refractivity contribution in [1.82, 2.24) is 14.7 Å². The number of halogens is 1. The highest BCUT2D eigenvalue weighted by Crippen LogP contribution is 2.20. The molecule has 0 saturated heterocycles. The lowest BCUT2D eigenvalue weighted by atomic mass is 10.2. The molecule has 0 radical (unpaired) electrons. The maximum Gasteiger partial charge on any atom is 0.339 e. The normalized spacial score (nSPS) is 10.8. The van der Waals surface area contributed by atoms with Gasteiger partial charge in [-0.1, -0.05) is 11.6 Å². The molecule has 0 fully saturated rings. The number of aromatic nitrogens is 2. The summed E-state index contributed by atoms with van der Waals surface area (Å²) < 4.78 is 36.0. The molecule has 13 heteroatoms. The molecule has 1 aromatic carbocycles. The number of amides is 2. The number of nitrogens with one attached hydrogen (secondary N) is 2. The van der Waals surface area contributed by atoms with Crippen LogP contribution in [0.1, 0.15) is 10.4 Å². The molecule has 0 aliphatic carbocycles. The molecule has 2 amide bonds. The summed E-state index contributed by atoms with van der Waals surface area (Å²) >= 11 is 5.74. The van der Waals surface area contributed by atoms with Crippen LogP contribution in [0.3, 0.4) is 0 Å². The van der Waals surface area contributed by atoms with E-state index in [9.17, 15) is 18.0 Å². The standard InChI is InChI=1S/C14H14ClN5O6S/c1-25-11-6-10(15)17-13(18-11)19-14(22)20-27(23,24)9-4-3-7(16)5-8(9)12(21)26-2/h3-6H,16H2,1-2H3,(H2,17,18,19,20,22). The number of carbonyl (C=O) groups excluding carboxylic acids is 2. The molecular formula is C14H14ClN5O6S. The quantitative estimate of drug-likeness (QED) is 0.367. The van der Waals surface area contributed by atoms with Gasteiger partial charge in [-0.25, -0.2) is 27.7 Å². The van der Waals surface area contributed by atoms with E-state index >= 15 is 0 Å². The highest BCUT2D eigenvalue weighted by Gasteiger charge is 2.25. The summed E-state index contributed by atoms with van der Waals surface area (Å²) in [5.41, 5.74) is 5.37. The van der Waals surface area contributed by atoms with Gasteiger partial charge >= 0.3 is 12.0 Å². The van der Waals surface area contributed by atoms with Gasteiger partial charge in [0.15, 0.2) is 0 Å². The van der Waals surface area contributed by atoms with Crippen molar-refractivity contribution in [2.24, 2.45) is 0 Å². The number of sulfonamides is 1. The average molecular weight is 416 g/mol. The number of hydrogen-bond acceptors (Lipinski definition) is 9. The Morgan fingerprint density at radius 2 is 1.89 bits per heavy atom. The average Bonchev–Trinajstić information content (AvgIpc) is 2.59. The number of esters is 1.